The van der Waals surface area contributed by atoms with Crippen molar-refractivity contribution >= 4 is 17.7 Å². The summed E-state index contributed by atoms with van der Waals surface area (Å²) in [6, 6.07) is 1.69. The minimum Gasteiger partial charge on any atom is -0.480 e. The quantitative estimate of drug-likeness (QED) is 0.642. The highest BCUT2D eigenvalue weighted by Gasteiger charge is 2.19. The van der Waals surface area contributed by atoms with Crippen molar-refractivity contribution in [2.24, 2.45) is 0 Å². The molecule has 0 fully saturated rings. The van der Waals surface area contributed by atoms with Crippen LogP contribution in [0.15, 0.2) is 18.3 Å². The van der Waals surface area contributed by atoms with Crippen LogP contribution in [0.3, 0.4) is 0 Å². The lowest BCUT2D eigenvalue weighted by Gasteiger charge is -2.14. The summed E-state index contributed by atoms with van der Waals surface area (Å²) < 4.78 is 0. The van der Waals surface area contributed by atoms with Crippen molar-refractivity contribution in [2.45, 2.75) is 6.04 Å². The third-order valence-corrected chi connectivity index (χ3v) is 2.25. The zero-order valence-corrected chi connectivity index (χ0v) is 10.1. The minimum atomic E-state index is -1.31. The smallest absolute Gasteiger partial charge is 0.328 e. The number of carboxylic acid groups (broad SMARTS) is 1. The van der Waals surface area contributed by atoms with Gasteiger partial charge >= 0.3 is 5.97 Å². The molecule has 3 N–H and O–H groups in total. The zero-order valence-electron chi connectivity index (χ0n) is 10.1. The molecule has 1 rings (SSSR count). The highest BCUT2D eigenvalue weighted by molar-refractivity contribution is 5.97. The van der Waals surface area contributed by atoms with Crippen LogP contribution < -0.4 is 10.2 Å². The second kappa shape index (κ2) is 5.97. The molecule has 0 saturated carbocycles. The summed E-state index contributed by atoms with van der Waals surface area (Å²) in [4.78, 5) is 28.2. The third-order valence-electron chi connectivity index (χ3n) is 2.25. The average molecular weight is 253 g/mol. The van der Waals surface area contributed by atoms with Gasteiger partial charge in [0.2, 0.25) is 0 Å². The Morgan fingerprint density at radius 2 is 2.17 bits per heavy atom. The van der Waals surface area contributed by atoms with Crippen LogP contribution in [0.5, 0.6) is 0 Å². The maximum atomic E-state index is 11.8. The molecule has 1 aromatic heterocycles. The molecule has 1 aromatic rings. The van der Waals surface area contributed by atoms with E-state index in [1.54, 1.807) is 19.0 Å². The number of pyridine rings is 1. The van der Waals surface area contributed by atoms with E-state index in [0.29, 0.717) is 5.82 Å². The topological polar surface area (TPSA) is 103 Å². The molecule has 0 aliphatic rings. The number of aliphatic hydroxyl groups is 1. The fraction of sp³-hybridized carbons (Fsp3) is 0.364. The van der Waals surface area contributed by atoms with Crippen molar-refractivity contribution in [1.29, 1.82) is 0 Å². The first-order valence-electron chi connectivity index (χ1n) is 5.23. The SMILES string of the molecule is CN(C)c1cc(C(=O)NC(CO)C(=O)O)ccn1. The molecule has 0 saturated heterocycles. The summed E-state index contributed by atoms with van der Waals surface area (Å²) in [5, 5.41) is 19.7. The van der Waals surface area contributed by atoms with Crippen LogP contribution in [0.4, 0.5) is 5.82 Å². The molecule has 1 unspecified atom stereocenters. The van der Waals surface area contributed by atoms with E-state index in [-0.39, 0.29) is 5.56 Å². The van der Waals surface area contributed by atoms with Crippen molar-refractivity contribution in [3.63, 3.8) is 0 Å². The number of nitrogens with zero attached hydrogens (tertiary/aromatic N) is 2. The number of aliphatic hydroxyl groups excluding tert-OH is 1. The largest absolute Gasteiger partial charge is 0.480 e. The second-order valence-corrected chi connectivity index (χ2v) is 3.84. The van der Waals surface area contributed by atoms with Crippen LogP contribution in [0, 0.1) is 0 Å². The van der Waals surface area contributed by atoms with E-state index in [4.69, 9.17) is 10.2 Å². The predicted octanol–water partition coefficient (Wildman–Crippen LogP) is -0.677. The van der Waals surface area contributed by atoms with E-state index < -0.39 is 24.5 Å². The van der Waals surface area contributed by atoms with Crippen LogP contribution in [-0.2, 0) is 4.79 Å². The van der Waals surface area contributed by atoms with Crippen molar-refractivity contribution < 1.29 is 19.8 Å². The Labute approximate surface area is 104 Å². The van der Waals surface area contributed by atoms with Gasteiger partial charge in [0.25, 0.3) is 5.91 Å². The first-order valence-corrected chi connectivity index (χ1v) is 5.23. The van der Waals surface area contributed by atoms with Crippen LogP contribution in [0.2, 0.25) is 0 Å². The fourth-order valence-electron chi connectivity index (χ4n) is 1.23. The van der Waals surface area contributed by atoms with Gasteiger partial charge in [-0.3, -0.25) is 4.79 Å². The number of aromatic nitrogens is 1. The van der Waals surface area contributed by atoms with Gasteiger partial charge in [0.1, 0.15) is 5.82 Å². The monoisotopic (exact) mass is 253 g/mol. The number of rotatable bonds is 5. The molecule has 0 aliphatic carbocycles. The van der Waals surface area contributed by atoms with Crippen LogP contribution in [0.1, 0.15) is 10.4 Å². The highest BCUT2D eigenvalue weighted by Crippen LogP contribution is 2.09. The molecule has 0 spiro atoms. The lowest BCUT2D eigenvalue weighted by Crippen LogP contribution is -2.43. The maximum Gasteiger partial charge on any atom is 0.328 e. The van der Waals surface area contributed by atoms with Gasteiger partial charge in [-0.2, -0.15) is 0 Å². The number of carbonyl (C=O) groups excluding carboxylic acids is 1. The minimum absolute atomic E-state index is 0.286. The van der Waals surface area contributed by atoms with Crippen molar-refractivity contribution in [2.75, 3.05) is 25.6 Å². The van der Waals surface area contributed by atoms with Gasteiger partial charge in [-0.05, 0) is 12.1 Å². The number of amides is 1. The summed E-state index contributed by atoms with van der Waals surface area (Å²) in [6.45, 7) is -0.660. The Morgan fingerprint density at radius 1 is 1.50 bits per heavy atom. The number of carboxylic acids is 1. The van der Waals surface area contributed by atoms with E-state index in [1.807, 2.05) is 0 Å². The van der Waals surface area contributed by atoms with Crippen molar-refractivity contribution in [3.8, 4) is 0 Å². The van der Waals surface area contributed by atoms with Gasteiger partial charge in [0, 0.05) is 25.9 Å². The Balaban J connectivity index is 2.84. The van der Waals surface area contributed by atoms with E-state index in [1.165, 1.54) is 18.3 Å². The molecule has 18 heavy (non-hydrogen) atoms. The lowest BCUT2D eigenvalue weighted by atomic mass is 10.2. The molecule has 1 heterocycles. The van der Waals surface area contributed by atoms with Crippen LogP contribution in [0.25, 0.3) is 0 Å². The third kappa shape index (κ3) is 3.42. The number of carbonyl (C=O) groups is 2. The summed E-state index contributed by atoms with van der Waals surface area (Å²) in [5.74, 6) is -1.27. The molecule has 0 aliphatic heterocycles. The number of anilines is 1. The average Bonchev–Trinajstić information content (AvgIpc) is 2.35. The van der Waals surface area contributed by atoms with Gasteiger partial charge in [0.15, 0.2) is 6.04 Å². The van der Waals surface area contributed by atoms with E-state index >= 15 is 0 Å². The van der Waals surface area contributed by atoms with Gasteiger partial charge in [-0.1, -0.05) is 0 Å². The van der Waals surface area contributed by atoms with E-state index in [0.717, 1.165) is 0 Å². The molecular weight excluding hydrogens is 238 g/mol. The second-order valence-electron chi connectivity index (χ2n) is 3.84. The molecule has 7 nitrogen and oxygen atoms in total. The number of hydrogen-bond acceptors (Lipinski definition) is 5. The number of hydrogen-bond donors (Lipinski definition) is 3. The van der Waals surface area contributed by atoms with Crippen molar-refractivity contribution in [3.05, 3.63) is 23.9 Å². The van der Waals surface area contributed by atoms with Crippen LogP contribution in [-0.4, -0.2) is 53.8 Å². The Bertz CT molecular complexity index is 448. The van der Waals surface area contributed by atoms with Gasteiger partial charge in [-0.15, -0.1) is 0 Å². The lowest BCUT2D eigenvalue weighted by molar-refractivity contribution is -0.140. The molecule has 1 amide bonds. The summed E-state index contributed by atoms with van der Waals surface area (Å²) in [7, 11) is 3.55. The molecule has 0 aromatic carbocycles. The molecule has 1 atom stereocenters. The zero-order chi connectivity index (χ0) is 13.7. The van der Waals surface area contributed by atoms with E-state index in [9.17, 15) is 9.59 Å². The summed E-state index contributed by atoms with van der Waals surface area (Å²) in [6.07, 6.45) is 1.46. The summed E-state index contributed by atoms with van der Waals surface area (Å²) >= 11 is 0. The van der Waals surface area contributed by atoms with E-state index in [2.05, 4.69) is 10.3 Å². The fourth-order valence-corrected chi connectivity index (χ4v) is 1.23. The Kier molecular flexibility index (Phi) is 4.61. The van der Waals surface area contributed by atoms with Gasteiger partial charge in [0.05, 0.1) is 6.61 Å². The molecule has 98 valence electrons. The molecular formula is C11H15N3O4. The first kappa shape index (κ1) is 13.9. The van der Waals surface area contributed by atoms with Crippen molar-refractivity contribution in [1.82, 2.24) is 10.3 Å². The standard InChI is InChI=1S/C11H15N3O4/c1-14(2)9-5-7(3-4-12-9)10(16)13-8(6-15)11(17)18/h3-5,8,15H,6H2,1-2H3,(H,13,16)(H,17,18). The molecule has 0 radical (unpaired) electrons. The number of nitrogens with one attached hydrogen (secondary N) is 1. The predicted molar refractivity (Wildman–Crippen MR) is 64.5 cm³/mol. The number of aliphatic carboxylic acids is 1. The Hall–Kier alpha value is -2.15. The maximum absolute atomic E-state index is 11.8. The summed E-state index contributed by atoms with van der Waals surface area (Å²) in [5.41, 5.74) is 0.286. The highest BCUT2D eigenvalue weighted by atomic mass is 16.4. The first-order chi connectivity index (χ1) is 8.45. The molecule has 7 heteroatoms. The van der Waals surface area contributed by atoms with Gasteiger partial charge < -0.3 is 20.4 Å². The van der Waals surface area contributed by atoms with Crippen LogP contribution >= 0.6 is 0 Å². The Morgan fingerprint density at radius 3 is 2.67 bits per heavy atom. The van der Waals surface area contributed by atoms with Gasteiger partial charge in [-0.25, -0.2) is 9.78 Å². The molecule has 0 bridgehead atoms. The normalized spacial score (nSPS) is 11.7.